The molecule has 0 aliphatic heterocycles. The second kappa shape index (κ2) is 12.0. The van der Waals surface area contributed by atoms with Gasteiger partial charge in [-0.2, -0.15) is 0 Å². The topological polar surface area (TPSA) is 105 Å². The Morgan fingerprint density at radius 2 is 1.48 bits per heavy atom. The number of alkyl carbamates (subject to hydrolysis) is 1. The lowest BCUT2D eigenvalue weighted by Crippen LogP contribution is -2.45. The highest BCUT2D eigenvalue weighted by Crippen LogP contribution is 2.44. The van der Waals surface area contributed by atoms with Crippen LogP contribution in [0, 0.1) is 0 Å². The van der Waals surface area contributed by atoms with Gasteiger partial charge in [0.05, 0.1) is 0 Å². The second-order valence-corrected chi connectivity index (χ2v) is 8.39. The van der Waals surface area contributed by atoms with E-state index < -0.39 is 18.1 Å². The van der Waals surface area contributed by atoms with Crippen molar-refractivity contribution in [3.63, 3.8) is 0 Å². The van der Waals surface area contributed by atoms with Crippen LogP contribution >= 0.6 is 0 Å². The molecule has 7 heteroatoms. The van der Waals surface area contributed by atoms with Crippen LogP contribution in [0.15, 0.2) is 48.5 Å². The van der Waals surface area contributed by atoms with Gasteiger partial charge in [0.15, 0.2) is 0 Å². The maximum absolute atomic E-state index is 12.3. The average Bonchev–Trinajstić information content (AvgIpc) is 3.12. The largest absolute Gasteiger partial charge is 0.481 e. The summed E-state index contributed by atoms with van der Waals surface area (Å²) in [6.45, 7) is 2.35. The van der Waals surface area contributed by atoms with Crippen molar-refractivity contribution in [3.05, 3.63) is 59.7 Å². The van der Waals surface area contributed by atoms with Gasteiger partial charge in [-0.1, -0.05) is 67.8 Å². The second-order valence-electron chi connectivity index (χ2n) is 8.39. The minimum Gasteiger partial charge on any atom is -0.481 e. The van der Waals surface area contributed by atoms with Crippen molar-refractivity contribution in [2.75, 3.05) is 13.2 Å². The summed E-state index contributed by atoms with van der Waals surface area (Å²) in [6, 6.07) is 15.6. The Labute approximate surface area is 194 Å². The molecule has 0 saturated heterocycles. The molecule has 0 fully saturated rings. The van der Waals surface area contributed by atoms with Crippen molar-refractivity contribution < 1.29 is 24.2 Å². The summed E-state index contributed by atoms with van der Waals surface area (Å²) >= 11 is 0. The lowest BCUT2D eigenvalue weighted by molar-refractivity contribution is -0.137. The predicted molar refractivity (Wildman–Crippen MR) is 126 cm³/mol. The Morgan fingerprint density at radius 3 is 2.12 bits per heavy atom. The Balaban J connectivity index is 1.37. The van der Waals surface area contributed by atoms with E-state index in [1.165, 1.54) is 0 Å². The molecule has 2 aromatic rings. The first-order valence-corrected chi connectivity index (χ1v) is 11.6. The van der Waals surface area contributed by atoms with Crippen LogP contribution in [0.2, 0.25) is 0 Å². The van der Waals surface area contributed by atoms with E-state index in [2.05, 4.69) is 34.9 Å². The monoisotopic (exact) mass is 452 g/mol. The third-order valence-corrected chi connectivity index (χ3v) is 5.94. The molecule has 1 atom stereocenters. The van der Waals surface area contributed by atoms with Gasteiger partial charge in [-0.15, -0.1) is 0 Å². The molecule has 0 unspecified atom stereocenters. The first-order valence-electron chi connectivity index (χ1n) is 11.6. The summed E-state index contributed by atoms with van der Waals surface area (Å²) < 4.78 is 5.49. The molecule has 0 saturated carbocycles. The fourth-order valence-corrected chi connectivity index (χ4v) is 4.18. The van der Waals surface area contributed by atoms with Gasteiger partial charge in [-0.25, -0.2) is 4.79 Å². The Morgan fingerprint density at radius 1 is 0.909 bits per heavy atom. The first-order chi connectivity index (χ1) is 16.0. The molecule has 176 valence electrons. The number of hydrogen-bond acceptors (Lipinski definition) is 4. The molecule has 0 aromatic heterocycles. The molecule has 0 radical (unpaired) electrons. The number of carbonyl (C=O) groups is 3. The SMILES string of the molecule is C[C@@H](NC(=O)OCC1c2ccccc2-c2ccccc21)C(=O)NCCCCCCCC(=O)O. The van der Waals surface area contributed by atoms with E-state index in [-0.39, 0.29) is 24.9 Å². The number of carboxylic acid groups (broad SMARTS) is 1. The Bertz CT molecular complexity index is 929. The van der Waals surface area contributed by atoms with E-state index in [0.29, 0.717) is 13.0 Å². The fraction of sp³-hybridized carbons (Fsp3) is 0.423. The summed E-state index contributed by atoms with van der Waals surface area (Å²) in [5.74, 6) is -1.04. The number of unbranched alkanes of at least 4 members (excludes halogenated alkanes) is 4. The fourth-order valence-electron chi connectivity index (χ4n) is 4.18. The van der Waals surface area contributed by atoms with Gasteiger partial charge in [-0.05, 0) is 42.0 Å². The molecule has 1 aliphatic rings. The van der Waals surface area contributed by atoms with Crippen molar-refractivity contribution in [2.45, 2.75) is 57.4 Å². The van der Waals surface area contributed by atoms with Crippen molar-refractivity contribution >= 4 is 18.0 Å². The van der Waals surface area contributed by atoms with Gasteiger partial charge in [-0.3, -0.25) is 9.59 Å². The molecule has 0 bridgehead atoms. The molecular formula is C26H32N2O5. The van der Waals surface area contributed by atoms with Crippen molar-refractivity contribution in [3.8, 4) is 11.1 Å². The highest BCUT2D eigenvalue weighted by atomic mass is 16.5. The maximum Gasteiger partial charge on any atom is 0.407 e. The van der Waals surface area contributed by atoms with Crippen LogP contribution in [0.5, 0.6) is 0 Å². The summed E-state index contributed by atoms with van der Waals surface area (Å²) in [5.41, 5.74) is 4.61. The minimum atomic E-state index is -0.764. The third kappa shape index (κ3) is 6.81. The average molecular weight is 453 g/mol. The molecule has 3 N–H and O–H groups in total. The number of rotatable bonds is 12. The summed E-state index contributed by atoms with van der Waals surface area (Å²) in [5, 5.41) is 14.0. The molecule has 2 amide bonds. The molecule has 2 aromatic carbocycles. The number of aliphatic carboxylic acids is 1. The van der Waals surface area contributed by atoms with Gasteiger partial charge in [0, 0.05) is 18.9 Å². The smallest absolute Gasteiger partial charge is 0.407 e. The van der Waals surface area contributed by atoms with Crippen LogP contribution < -0.4 is 10.6 Å². The highest BCUT2D eigenvalue weighted by Gasteiger charge is 2.29. The number of benzene rings is 2. The zero-order valence-corrected chi connectivity index (χ0v) is 19.0. The molecule has 3 rings (SSSR count). The normalized spacial score (nSPS) is 13.0. The number of carbonyl (C=O) groups excluding carboxylic acids is 2. The molecular weight excluding hydrogens is 420 g/mol. The quantitative estimate of drug-likeness (QED) is 0.413. The molecule has 1 aliphatic carbocycles. The van der Waals surface area contributed by atoms with E-state index in [4.69, 9.17) is 9.84 Å². The van der Waals surface area contributed by atoms with Crippen LogP contribution in [0.3, 0.4) is 0 Å². The molecule has 33 heavy (non-hydrogen) atoms. The summed E-state index contributed by atoms with van der Waals surface area (Å²) in [7, 11) is 0. The van der Waals surface area contributed by atoms with Gasteiger partial charge >= 0.3 is 12.1 Å². The van der Waals surface area contributed by atoms with E-state index in [1.54, 1.807) is 6.92 Å². The van der Waals surface area contributed by atoms with Crippen LogP contribution in [0.4, 0.5) is 4.79 Å². The predicted octanol–water partition coefficient (Wildman–Crippen LogP) is 4.46. The number of nitrogens with one attached hydrogen (secondary N) is 2. The summed E-state index contributed by atoms with van der Waals surface area (Å²) in [4.78, 5) is 35.0. The zero-order valence-electron chi connectivity index (χ0n) is 19.0. The van der Waals surface area contributed by atoms with E-state index >= 15 is 0 Å². The van der Waals surface area contributed by atoms with Crippen LogP contribution in [-0.2, 0) is 14.3 Å². The number of carboxylic acids is 1. The minimum absolute atomic E-state index is 0.0252. The number of hydrogen-bond donors (Lipinski definition) is 3. The van der Waals surface area contributed by atoms with Gasteiger partial charge < -0.3 is 20.5 Å². The Hall–Kier alpha value is -3.35. The number of amides is 2. The maximum atomic E-state index is 12.3. The third-order valence-electron chi connectivity index (χ3n) is 5.94. The Kier molecular flexibility index (Phi) is 8.87. The molecule has 0 spiro atoms. The molecule has 0 heterocycles. The van der Waals surface area contributed by atoms with Crippen molar-refractivity contribution in [1.29, 1.82) is 0 Å². The van der Waals surface area contributed by atoms with E-state index in [0.717, 1.165) is 47.9 Å². The van der Waals surface area contributed by atoms with Crippen molar-refractivity contribution in [1.82, 2.24) is 10.6 Å². The van der Waals surface area contributed by atoms with Gasteiger partial charge in [0.1, 0.15) is 12.6 Å². The lowest BCUT2D eigenvalue weighted by atomic mass is 9.98. The lowest BCUT2D eigenvalue weighted by Gasteiger charge is -2.17. The van der Waals surface area contributed by atoms with Gasteiger partial charge in [0.25, 0.3) is 0 Å². The van der Waals surface area contributed by atoms with Crippen molar-refractivity contribution in [2.24, 2.45) is 0 Å². The van der Waals surface area contributed by atoms with Crippen LogP contribution in [-0.4, -0.2) is 42.3 Å². The standard InChI is InChI=1S/C26H32N2O5/c1-18(25(31)27-16-10-4-2-3-5-15-24(29)30)28-26(32)33-17-23-21-13-8-6-11-19(21)20-12-7-9-14-22(20)23/h6-9,11-14,18,23H,2-5,10,15-17H2,1H3,(H,27,31)(H,28,32)(H,29,30)/t18-/m1/s1. The number of ether oxygens (including phenoxy) is 1. The van der Waals surface area contributed by atoms with E-state index in [9.17, 15) is 14.4 Å². The van der Waals surface area contributed by atoms with E-state index in [1.807, 2.05) is 24.3 Å². The first kappa shape index (κ1) is 24.3. The number of fused-ring (bicyclic) bond motifs is 3. The van der Waals surface area contributed by atoms with Gasteiger partial charge in [0.2, 0.25) is 5.91 Å². The van der Waals surface area contributed by atoms with Crippen LogP contribution in [0.25, 0.3) is 11.1 Å². The summed E-state index contributed by atoms with van der Waals surface area (Å²) in [6.07, 6.45) is 3.83. The van der Waals surface area contributed by atoms with Crippen LogP contribution in [0.1, 0.15) is 62.5 Å². The zero-order chi connectivity index (χ0) is 23.6. The highest BCUT2D eigenvalue weighted by molar-refractivity contribution is 5.85. The molecule has 7 nitrogen and oxygen atoms in total.